The fourth-order valence-corrected chi connectivity index (χ4v) is 6.25. The molecule has 2 saturated carbocycles. The van der Waals surface area contributed by atoms with Crippen LogP contribution < -0.4 is 9.80 Å². The average Bonchev–Trinajstić information content (AvgIpc) is 3.05. The highest BCUT2D eigenvalue weighted by Gasteiger charge is 2.46. The molecule has 0 radical (unpaired) electrons. The van der Waals surface area contributed by atoms with Crippen molar-refractivity contribution in [1.29, 1.82) is 0 Å². The van der Waals surface area contributed by atoms with E-state index in [0.717, 1.165) is 30.6 Å². The van der Waals surface area contributed by atoms with Gasteiger partial charge in [-0.15, -0.1) is 20.4 Å². The number of hydrogen-bond acceptors (Lipinski definition) is 9. The molecule has 12 nitrogen and oxygen atoms in total. The van der Waals surface area contributed by atoms with Gasteiger partial charge in [-0.05, 0) is 101 Å². The van der Waals surface area contributed by atoms with Crippen LogP contribution in [0.1, 0.15) is 76.4 Å². The number of carbonyl (C=O) groups excluding carboxylic acids is 1. The van der Waals surface area contributed by atoms with Crippen LogP contribution >= 0.6 is 11.6 Å². The topological polar surface area (TPSA) is 147 Å². The molecule has 0 saturated heterocycles. The van der Waals surface area contributed by atoms with E-state index in [4.69, 9.17) is 16.3 Å². The number of amides is 2. The van der Waals surface area contributed by atoms with Gasteiger partial charge >= 0.3 is 12.2 Å². The van der Waals surface area contributed by atoms with E-state index in [1.807, 2.05) is 0 Å². The molecule has 2 fully saturated rings. The van der Waals surface area contributed by atoms with E-state index in [2.05, 4.69) is 36.9 Å². The van der Waals surface area contributed by atoms with E-state index in [-0.39, 0.29) is 29.9 Å². The first-order chi connectivity index (χ1) is 24.3. The molecule has 1 N–H and O–H groups in total. The Bertz CT molecular complexity index is 1850. The van der Waals surface area contributed by atoms with Crippen molar-refractivity contribution < 1.29 is 28.2 Å². The second-order valence-electron chi connectivity index (χ2n) is 13.6. The van der Waals surface area contributed by atoms with Crippen LogP contribution in [0.2, 0.25) is 5.15 Å². The van der Waals surface area contributed by atoms with Crippen LogP contribution in [0.15, 0.2) is 67.5 Å². The molecular formula is C36H39ClF2N8O4. The largest absolute Gasteiger partial charge is 0.465 e. The molecule has 6 rings (SSSR count). The fourth-order valence-electron chi connectivity index (χ4n) is 6.15. The lowest BCUT2D eigenvalue weighted by atomic mass is 9.66. The van der Waals surface area contributed by atoms with Crippen LogP contribution in [-0.4, -0.2) is 66.3 Å². The van der Waals surface area contributed by atoms with Gasteiger partial charge in [-0.3, -0.25) is 19.8 Å². The summed E-state index contributed by atoms with van der Waals surface area (Å²) in [4.78, 5) is 35.5. The molecule has 4 heterocycles. The molecule has 0 spiro atoms. The summed E-state index contributed by atoms with van der Waals surface area (Å²) in [7, 11) is 0. The average molecular weight is 721 g/mol. The normalized spacial score (nSPS) is 15.6. The zero-order chi connectivity index (χ0) is 36.8. The summed E-state index contributed by atoms with van der Waals surface area (Å²) in [6, 6.07) is 12.2. The summed E-state index contributed by atoms with van der Waals surface area (Å²) in [5.74, 6) is -0.272. The van der Waals surface area contributed by atoms with Gasteiger partial charge in [-0.25, -0.2) is 18.4 Å². The second kappa shape index (κ2) is 15.4. The maximum Gasteiger partial charge on any atom is 0.416 e. The number of hydrogen-bond donors (Lipinski definition) is 1. The number of anilines is 2. The zero-order valence-electron chi connectivity index (χ0n) is 28.6. The van der Waals surface area contributed by atoms with Crippen molar-refractivity contribution in [3.05, 3.63) is 101 Å². The molecule has 0 atom stereocenters. The third kappa shape index (κ3) is 8.62. The number of nitrogens with zero attached hydrogens (tertiary/aromatic N) is 8. The number of halogens is 3. The maximum atomic E-state index is 14.4. The molecule has 0 aromatic carbocycles. The van der Waals surface area contributed by atoms with E-state index in [1.165, 1.54) is 35.4 Å². The molecule has 0 bridgehead atoms. The zero-order valence-corrected chi connectivity index (χ0v) is 29.4. The van der Waals surface area contributed by atoms with Gasteiger partial charge in [0.25, 0.3) is 0 Å². The molecule has 0 unspecified atom stereocenters. The molecular weight excluding hydrogens is 682 g/mol. The number of rotatable bonds is 9. The van der Waals surface area contributed by atoms with Gasteiger partial charge in [-0.1, -0.05) is 31.0 Å². The molecule has 268 valence electrons. The van der Waals surface area contributed by atoms with Gasteiger partial charge in [0.15, 0.2) is 16.8 Å². The minimum absolute atomic E-state index is 0.0956. The number of ether oxygens (including phenoxy) is 1. The van der Waals surface area contributed by atoms with Gasteiger partial charge in [-0.2, -0.15) is 0 Å². The van der Waals surface area contributed by atoms with Crippen LogP contribution in [0.5, 0.6) is 0 Å². The molecule has 2 aliphatic rings. The summed E-state index contributed by atoms with van der Waals surface area (Å²) < 4.78 is 34.2. The van der Waals surface area contributed by atoms with E-state index in [9.17, 15) is 23.5 Å². The SMILES string of the molecule is C=Cc1ccc(N(CC2(c3ncccc3F)CCC2)C(=O)O)nn1.CC(C)(C)OC(=O)N(CC1(c2ncccc2F)CCC1)c1ccc(Cl)nn1. The molecule has 2 amide bonds. The third-order valence-electron chi connectivity index (χ3n) is 8.96. The van der Waals surface area contributed by atoms with Crippen molar-refractivity contribution in [3.8, 4) is 0 Å². The van der Waals surface area contributed by atoms with Crippen LogP contribution in [0.25, 0.3) is 6.08 Å². The monoisotopic (exact) mass is 720 g/mol. The van der Waals surface area contributed by atoms with Gasteiger partial charge in [0.05, 0.1) is 17.1 Å². The first kappa shape index (κ1) is 37.2. The molecule has 15 heteroatoms. The Balaban J connectivity index is 0.000000199. The Morgan fingerprint density at radius 3 is 1.75 bits per heavy atom. The van der Waals surface area contributed by atoms with E-state index >= 15 is 0 Å². The van der Waals surface area contributed by atoms with Crippen molar-refractivity contribution >= 4 is 41.5 Å². The van der Waals surface area contributed by atoms with E-state index < -0.39 is 34.4 Å². The van der Waals surface area contributed by atoms with Gasteiger partial charge in [0.2, 0.25) is 0 Å². The van der Waals surface area contributed by atoms with Gasteiger partial charge < -0.3 is 9.84 Å². The highest BCUT2D eigenvalue weighted by Crippen LogP contribution is 2.46. The number of carbonyl (C=O) groups is 2. The Morgan fingerprint density at radius 1 is 0.843 bits per heavy atom. The third-order valence-corrected chi connectivity index (χ3v) is 9.16. The fraction of sp³-hybridized carbons (Fsp3) is 0.389. The van der Waals surface area contributed by atoms with E-state index in [0.29, 0.717) is 35.7 Å². The molecule has 4 aromatic rings. The summed E-state index contributed by atoms with van der Waals surface area (Å²) in [5.41, 5.74) is -0.646. The highest BCUT2D eigenvalue weighted by molar-refractivity contribution is 6.29. The van der Waals surface area contributed by atoms with E-state index in [1.54, 1.807) is 57.3 Å². The van der Waals surface area contributed by atoms with Crippen LogP contribution in [0.3, 0.4) is 0 Å². The predicted molar refractivity (Wildman–Crippen MR) is 188 cm³/mol. The maximum absolute atomic E-state index is 14.4. The number of pyridine rings is 2. The van der Waals surface area contributed by atoms with Crippen molar-refractivity contribution in [2.45, 2.75) is 75.7 Å². The summed E-state index contributed by atoms with van der Waals surface area (Å²) in [6.45, 7) is 9.24. The Labute approximate surface area is 299 Å². The Morgan fingerprint density at radius 2 is 1.35 bits per heavy atom. The lowest BCUT2D eigenvalue weighted by Gasteiger charge is -2.44. The molecule has 2 aliphatic carbocycles. The first-order valence-corrected chi connectivity index (χ1v) is 16.8. The van der Waals surface area contributed by atoms with Crippen LogP contribution in [0.4, 0.5) is 30.0 Å². The lowest BCUT2D eigenvalue weighted by Crippen LogP contribution is -2.50. The van der Waals surface area contributed by atoms with Gasteiger partial charge in [0.1, 0.15) is 17.2 Å². The Kier molecular flexibility index (Phi) is 11.2. The van der Waals surface area contributed by atoms with Crippen LogP contribution in [-0.2, 0) is 15.6 Å². The summed E-state index contributed by atoms with van der Waals surface area (Å²) in [6.07, 6.45) is 7.56. The van der Waals surface area contributed by atoms with Gasteiger partial charge in [0, 0.05) is 36.3 Å². The predicted octanol–water partition coefficient (Wildman–Crippen LogP) is 7.79. The smallest absolute Gasteiger partial charge is 0.416 e. The second-order valence-corrected chi connectivity index (χ2v) is 14.0. The minimum atomic E-state index is -1.15. The standard InChI is InChI=1S/C19H22ClFN4O2.C17H17FN4O2/c1-18(2,3)27-17(26)25(15-8-7-14(20)23-24-15)12-19(9-5-10-19)16-13(21)6-4-11-22-16;1-2-12-6-7-14(21-20-12)22(16(23)24)11-17(8-4-9-17)15-13(18)5-3-10-19-15/h4,6-8,11H,5,9-10,12H2,1-3H3;2-3,5-7,10H,1,4,8-9,11H2,(H,23,24). The van der Waals surface area contributed by atoms with Crippen molar-refractivity contribution in [2.24, 2.45) is 0 Å². The first-order valence-electron chi connectivity index (χ1n) is 16.4. The van der Waals surface area contributed by atoms with Crippen molar-refractivity contribution in [1.82, 2.24) is 30.4 Å². The summed E-state index contributed by atoms with van der Waals surface area (Å²) in [5, 5.41) is 25.5. The molecule has 4 aromatic heterocycles. The quantitative estimate of drug-likeness (QED) is 0.182. The molecule has 0 aliphatic heterocycles. The van der Waals surface area contributed by atoms with Crippen molar-refractivity contribution in [2.75, 3.05) is 22.9 Å². The highest BCUT2D eigenvalue weighted by atomic mass is 35.5. The number of carboxylic acid groups (broad SMARTS) is 1. The molecule has 51 heavy (non-hydrogen) atoms. The van der Waals surface area contributed by atoms with Crippen molar-refractivity contribution in [3.63, 3.8) is 0 Å². The Hall–Kier alpha value is -5.11. The van der Waals surface area contributed by atoms with Crippen LogP contribution in [0, 0.1) is 11.6 Å². The lowest BCUT2D eigenvalue weighted by molar-refractivity contribution is 0.0557. The minimum Gasteiger partial charge on any atom is -0.465 e. The number of aromatic nitrogens is 6. The summed E-state index contributed by atoms with van der Waals surface area (Å²) >= 11 is 5.82.